The minimum Gasteiger partial charge on any atom is -0.465 e. The van der Waals surface area contributed by atoms with Crippen LogP contribution in [0.5, 0.6) is 11.5 Å². The molecule has 1 aromatic heterocycles. The average Bonchev–Trinajstić information content (AvgIpc) is 2.94. The number of nitrogens with zero attached hydrogens (tertiary/aromatic N) is 2. The number of benzene rings is 2. The van der Waals surface area contributed by atoms with E-state index in [9.17, 15) is 13.2 Å². The van der Waals surface area contributed by atoms with Gasteiger partial charge >= 0.3 is 5.97 Å². The van der Waals surface area contributed by atoms with E-state index in [-0.39, 0.29) is 4.90 Å². The topological polar surface area (TPSA) is 114 Å². The number of nitrogens with two attached hydrogens (primary N) is 1. The molecule has 0 atom stereocenters. The van der Waals surface area contributed by atoms with Crippen molar-refractivity contribution in [1.82, 2.24) is 9.78 Å². The fourth-order valence-electron chi connectivity index (χ4n) is 2.35. The first-order chi connectivity index (χ1) is 11.8. The molecule has 0 aliphatic heterocycles. The molecule has 25 heavy (non-hydrogen) atoms. The first-order valence-electron chi connectivity index (χ1n) is 7.14. The molecule has 1 heterocycles. The zero-order valence-electron chi connectivity index (χ0n) is 13.5. The van der Waals surface area contributed by atoms with Gasteiger partial charge < -0.3 is 9.47 Å². The predicted molar refractivity (Wildman–Crippen MR) is 89.9 cm³/mol. The Labute approximate surface area is 143 Å². The molecule has 2 N–H and O–H groups in total. The Kier molecular flexibility index (Phi) is 4.19. The molecule has 8 nitrogen and oxygen atoms in total. The van der Waals surface area contributed by atoms with Crippen LogP contribution in [0.15, 0.2) is 47.5 Å². The third-order valence-electron chi connectivity index (χ3n) is 3.50. The first kappa shape index (κ1) is 16.9. The lowest BCUT2D eigenvalue weighted by Gasteiger charge is -2.09. The average molecular weight is 361 g/mol. The number of esters is 1. The molecular weight excluding hydrogens is 346 g/mol. The van der Waals surface area contributed by atoms with Gasteiger partial charge in [0, 0.05) is 13.2 Å². The van der Waals surface area contributed by atoms with E-state index in [2.05, 4.69) is 5.10 Å². The van der Waals surface area contributed by atoms with Crippen LogP contribution in [0, 0.1) is 0 Å². The molecule has 0 fully saturated rings. The number of carbonyl (C=O) groups is 1. The Morgan fingerprint density at radius 1 is 1.20 bits per heavy atom. The zero-order valence-corrected chi connectivity index (χ0v) is 14.3. The van der Waals surface area contributed by atoms with Gasteiger partial charge in [-0.1, -0.05) is 0 Å². The van der Waals surface area contributed by atoms with Crippen molar-refractivity contribution >= 4 is 26.9 Å². The summed E-state index contributed by atoms with van der Waals surface area (Å²) < 4.78 is 34.8. The summed E-state index contributed by atoms with van der Waals surface area (Å²) in [5.41, 5.74) is 0.867. The number of fused-ring (bicyclic) bond motifs is 1. The molecule has 0 aliphatic carbocycles. The van der Waals surface area contributed by atoms with Gasteiger partial charge in [0.2, 0.25) is 10.0 Å². The maximum Gasteiger partial charge on any atom is 0.338 e. The smallest absolute Gasteiger partial charge is 0.338 e. The second-order valence-electron chi connectivity index (χ2n) is 5.32. The number of sulfonamides is 1. The van der Waals surface area contributed by atoms with Gasteiger partial charge in [0.05, 0.1) is 28.5 Å². The van der Waals surface area contributed by atoms with Crippen LogP contribution in [0.4, 0.5) is 0 Å². The molecule has 0 spiro atoms. The standard InChI is InChI=1S/C16H15N3O5S/c1-19-9-13-14(18-19)7-10(16(20)23-2)8-15(13)24-11-3-5-12(6-4-11)25(17,21)22/h3-9H,1-2H3,(H2,17,21,22). The molecule has 0 aliphatic rings. The lowest BCUT2D eigenvalue weighted by atomic mass is 10.1. The number of ether oxygens (including phenoxy) is 2. The highest BCUT2D eigenvalue weighted by Gasteiger charge is 2.15. The highest BCUT2D eigenvalue weighted by molar-refractivity contribution is 7.89. The van der Waals surface area contributed by atoms with Gasteiger partial charge in [-0.2, -0.15) is 5.10 Å². The van der Waals surface area contributed by atoms with E-state index in [1.54, 1.807) is 30.1 Å². The minimum absolute atomic E-state index is 0.0188. The molecule has 0 unspecified atom stereocenters. The maximum atomic E-state index is 11.8. The number of hydrogen-bond donors (Lipinski definition) is 1. The molecular formula is C16H15N3O5S. The Bertz CT molecular complexity index is 1060. The third kappa shape index (κ3) is 3.47. The molecule has 130 valence electrons. The van der Waals surface area contributed by atoms with E-state index < -0.39 is 16.0 Å². The largest absolute Gasteiger partial charge is 0.465 e. The summed E-state index contributed by atoms with van der Waals surface area (Å²) >= 11 is 0. The molecule has 3 aromatic rings. The van der Waals surface area contributed by atoms with Gasteiger partial charge in [-0.25, -0.2) is 18.4 Å². The molecule has 0 bridgehead atoms. The Morgan fingerprint density at radius 3 is 2.48 bits per heavy atom. The van der Waals surface area contributed by atoms with Crippen molar-refractivity contribution in [2.75, 3.05) is 7.11 Å². The Morgan fingerprint density at radius 2 is 1.88 bits per heavy atom. The van der Waals surface area contributed by atoms with Crippen molar-refractivity contribution in [3.05, 3.63) is 48.2 Å². The monoisotopic (exact) mass is 361 g/mol. The summed E-state index contributed by atoms with van der Waals surface area (Å²) in [6.45, 7) is 0. The fraction of sp³-hybridized carbons (Fsp3) is 0.125. The summed E-state index contributed by atoms with van der Waals surface area (Å²) in [4.78, 5) is 11.8. The summed E-state index contributed by atoms with van der Waals surface area (Å²) in [5, 5.41) is 10.0. The normalized spacial score (nSPS) is 11.5. The maximum absolute atomic E-state index is 11.8. The number of primary sulfonamides is 1. The van der Waals surface area contributed by atoms with Gasteiger partial charge in [0.15, 0.2) is 0 Å². The van der Waals surface area contributed by atoms with Crippen molar-refractivity contribution in [1.29, 1.82) is 0 Å². The molecule has 0 radical (unpaired) electrons. The van der Waals surface area contributed by atoms with Crippen molar-refractivity contribution < 1.29 is 22.7 Å². The molecule has 3 rings (SSSR count). The highest BCUT2D eigenvalue weighted by atomic mass is 32.2. The lowest BCUT2D eigenvalue weighted by Crippen LogP contribution is -2.11. The van der Waals surface area contributed by atoms with Gasteiger partial charge in [-0.05, 0) is 36.4 Å². The molecule has 2 aromatic carbocycles. The number of hydrogen-bond acceptors (Lipinski definition) is 6. The zero-order chi connectivity index (χ0) is 18.2. The number of aromatic nitrogens is 2. The fourth-order valence-corrected chi connectivity index (χ4v) is 2.87. The van der Waals surface area contributed by atoms with Crippen LogP contribution in [-0.2, 0) is 21.8 Å². The quantitative estimate of drug-likeness (QED) is 0.709. The third-order valence-corrected chi connectivity index (χ3v) is 4.43. The first-order valence-corrected chi connectivity index (χ1v) is 8.69. The summed E-state index contributed by atoms with van der Waals surface area (Å²) in [7, 11) is -0.734. The number of aryl methyl sites for hydroxylation is 1. The van der Waals surface area contributed by atoms with Crippen molar-refractivity contribution in [2.45, 2.75) is 4.90 Å². The Hall–Kier alpha value is -2.91. The van der Waals surface area contributed by atoms with Gasteiger partial charge in [-0.3, -0.25) is 4.68 Å². The lowest BCUT2D eigenvalue weighted by molar-refractivity contribution is 0.0600. The second kappa shape index (κ2) is 6.19. The van der Waals surface area contributed by atoms with Crippen LogP contribution in [0.3, 0.4) is 0 Å². The van der Waals surface area contributed by atoms with E-state index in [4.69, 9.17) is 14.6 Å². The molecule has 0 saturated carbocycles. The van der Waals surface area contributed by atoms with Crippen LogP contribution in [0.1, 0.15) is 10.4 Å². The van der Waals surface area contributed by atoms with Crippen LogP contribution in [0.2, 0.25) is 0 Å². The van der Waals surface area contributed by atoms with Crippen LogP contribution in [-0.4, -0.2) is 31.3 Å². The van der Waals surface area contributed by atoms with Gasteiger partial charge in [0.25, 0.3) is 0 Å². The molecule has 0 saturated heterocycles. The van der Waals surface area contributed by atoms with Crippen molar-refractivity contribution in [3.8, 4) is 11.5 Å². The van der Waals surface area contributed by atoms with Crippen molar-refractivity contribution in [3.63, 3.8) is 0 Å². The van der Waals surface area contributed by atoms with E-state index >= 15 is 0 Å². The number of methoxy groups -OCH3 is 1. The van der Waals surface area contributed by atoms with Gasteiger partial charge in [0.1, 0.15) is 11.5 Å². The van der Waals surface area contributed by atoms with Crippen LogP contribution >= 0.6 is 0 Å². The second-order valence-corrected chi connectivity index (χ2v) is 6.88. The highest BCUT2D eigenvalue weighted by Crippen LogP contribution is 2.31. The SMILES string of the molecule is COC(=O)c1cc(Oc2ccc(S(N)(=O)=O)cc2)c2cn(C)nc2c1. The summed E-state index contributed by atoms with van der Waals surface area (Å²) in [6.07, 6.45) is 1.75. The molecule has 9 heteroatoms. The van der Waals surface area contributed by atoms with E-state index in [1.165, 1.54) is 31.4 Å². The molecule has 0 amide bonds. The van der Waals surface area contributed by atoms with E-state index in [0.29, 0.717) is 28.0 Å². The number of rotatable bonds is 4. The summed E-state index contributed by atoms with van der Waals surface area (Å²) in [5.74, 6) is 0.274. The van der Waals surface area contributed by atoms with Gasteiger partial charge in [-0.15, -0.1) is 0 Å². The van der Waals surface area contributed by atoms with E-state index in [1.807, 2.05) is 0 Å². The predicted octanol–water partition coefficient (Wildman–Crippen LogP) is 1.80. The van der Waals surface area contributed by atoms with Crippen molar-refractivity contribution in [2.24, 2.45) is 12.2 Å². The number of carbonyl (C=O) groups excluding carboxylic acids is 1. The summed E-state index contributed by atoms with van der Waals surface area (Å²) in [6, 6.07) is 8.80. The Balaban J connectivity index is 2.04. The van der Waals surface area contributed by atoms with Crippen LogP contribution in [0.25, 0.3) is 10.9 Å². The van der Waals surface area contributed by atoms with Crippen LogP contribution < -0.4 is 9.88 Å². The minimum atomic E-state index is -3.78. The van der Waals surface area contributed by atoms with E-state index in [0.717, 1.165) is 0 Å².